The summed E-state index contributed by atoms with van der Waals surface area (Å²) in [5.41, 5.74) is 3.76. The molecule has 2 aromatic rings. The lowest BCUT2D eigenvalue weighted by Gasteiger charge is -2.23. The van der Waals surface area contributed by atoms with Gasteiger partial charge in [0.15, 0.2) is 0 Å². The quantitative estimate of drug-likeness (QED) is 0.732. The first-order valence-electron chi connectivity index (χ1n) is 6.06. The molecule has 0 aliphatic carbocycles. The zero-order valence-corrected chi connectivity index (χ0v) is 12.0. The Labute approximate surface area is 112 Å². The molecule has 18 heavy (non-hydrogen) atoms. The van der Waals surface area contributed by atoms with E-state index in [4.69, 9.17) is 4.43 Å². The third-order valence-corrected chi connectivity index (χ3v) is 3.24. The van der Waals surface area contributed by atoms with E-state index in [0.717, 1.165) is 11.3 Å². The molecule has 0 heterocycles. The number of hydrogen-bond donors (Lipinski definition) is 0. The standard InChI is InChI=1S/C16H17OSi/c1-16(2,3)14-10-6-4-8-12(14)13-9-5-7-11-15(13)17-18/h4-11H,1-3H3. The van der Waals surface area contributed by atoms with E-state index >= 15 is 0 Å². The maximum atomic E-state index is 5.27. The minimum absolute atomic E-state index is 0.107. The Hall–Kier alpha value is -1.54. The van der Waals surface area contributed by atoms with E-state index in [1.54, 1.807) is 0 Å². The molecule has 0 aliphatic rings. The lowest BCUT2D eigenvalue weighted by molar-refractivity contribution is 0.590. The van der Waals surface area contributed by atoms with Gasteiger partial charge in [-0.25, -0.2) is 0 Å². The second-order valence-electron chi connectivity index (χ2n) is 5.39. The van der Waals surface area contributed by atoms with E-state index in [2.05, 4.69) is 61.6 Å². The molecule has 3 radical (unpaired) electrons. The van der Waals surface area contributed by atoms with Crippen LogP contribution in [0.25, 0.3) is 11.1 Å². The predicted molar refractivity (Wildman–Crippen MR) is 77.0 cm³/mol. The van der Waals surface area contributed by atoms with Crippen LogP contribution in [0.4, 0.5) is 0 Å². The Balaban J connectivity index is 2.65. The first-order chi connectivity index (χ1) is 8.54. The second kappa shape index (κ2) is 4.98. The van der Waals surface area contributed by atoms with Gasteiger partial charge in [-0.05, 0) is 22.6 Å². The van der Waals surface area contributed by atoms with Crippen molar-refractivity contribution in [3.05, 3.63) is 54.1 Å². The van der Waals surface area contributed by atoms with E-state index in [1.807, 2.05) is 18.2 Å². The van der Waals surface area contributed by atoms with Gasteiger partial charge in [-0.15, -0.1) is 0 Å². The highest BCUT2D eigenvalue weighted by atomic mass is 28.2. The van der Waals surface area contributed by atoms with Gasteiger partial charge in [0.2, 0.25) is 0 Å². The Morgan fingerprint density at radius 2 is 1.39 bits per heavy atom. The molecule has 0 bridgehead atoms. The van der Waals surface area contributed by atoms with Crippen molar-refractivity contribution >= 4 is 10.5 Å². The summed E-state index contributed by atoms with van der Waals surface area (Å²) in [6.45, 7) is 6.68. The summed E-state index contributed by atoms with van der Waals surface area (Å²) in [6, 6.07) is 16.5. The molecule has 0 saturated heterocycles. The molecule has 0 amide bonds. The fraction of sp³-hybridized carbons (Fsp3) is 0.250. The molecule has 0 saturated carbocycles. The van der Waals surface area contributed by atoms with Gasteiger partial charge in [0.05, 0.1) is 0 Å². The zero-order valence-electron chi connectivity index (χ0n) is 11.0. The monoisotopic (exact) mass is 253 g/mol. The molecular formula is C16H17OSi. The van der Waals surface area contributed by atoms with Gasteiger partial charge in [-0.1, -0.05) is 63.2 Å². The van der Waals surface area contributed by atoms with Crippen molar-refractivity contribution in [2.75, 3.05) is 0 Å². The highest BCUT2D eigenvalue weighted by Crippen LogP contribution is 2.37. The minimum atomic E-state index is 0.107. The molecule has 0 N–H and O–H groups in total. The van der Waals surface area contributed by atoms with Gasteiger partial charge < -0.3 is 4.43 Å². The minimum Gasteiger partial charge on any atom is -0.540 e. The molecule has 0 aromatic heterocycles. The lowest BCUT2D eigenvalue weighted by atomic mass is 9.82. The van der Waals surface area contributed by atoms with Crippen molar-refractivity contribution in [1.29, 1.82) is 0 Å². The SMILES string of the molecule is CC(C)(C)c1ccccc1-c1ccccc1O[Si]. The smallest absolute Gasteiger partial charge is 0.341 e. The Morgan fingerprint density at radius 3 is 2.00 bits per heavy atom. The maximum Gasteiger partial charge on any atom is 0.341 e. The number of hydrogen-bond acceptors (Lipinski definition) is 1. The summed E-state index contributed by atoms with van der Waals surface area (Å²) in [5.74, 6) is 0.839. The fourth-order valence-electron chi connectivity index (χ4n) is 2.15. The van der Waals surface area contributed by atoms with E-state index in [1.165, 1.54) is 11.1 Å². The Morgan fingerprint density at radius 1 is 0.833 bits per heavy atom. The van der Waals surface area contributed by atoms with Gasteiger partial charge in [-0.3, -0.25) is 0 Å². The summed E-state index contributed by atoms with van der Waals surface area (Å²) in [5, 5.41) is 0. The van der Waals surface area contributed by atoms with Crippen LogP contribution in [0.1, 0.15) is 26.3 Å². The Kier molecular flexibility index (Phi) is 3.57. The molecule has 2 rings (SSSR count). The van der Waals surface area contributed by atoms with E-state index in [-0.39, 0.29) is 5.41 Å². The van der Waals surface area contributed by atoms with Gasteiger partial charge in [0, 0.05) is 5.56 Å². The molecule has 0 aliphatic heterocycles. The van der Waals surface area contributed by atoms with Crippen molar-refractivity contribution in [1.82, 2.24) is 0 Å². The van der Waals surface area contributed by atoms with Crippen LogP contribution >= 0.6 is 0 Å². The number of rotatable bonds is 2. The van der Waals surface area contributed by atoms with Gasteiger partial charge in [0.1, 0.15) is 5.75 Å². The maximum absolute atomic E-state index is 5.27. The molecule has 2 aromatic carbocycles. The molecule has 0 fully saturated rings. The summed E-state index contributed by atoms with van der Waals surface area (Å²) < 4.78 is 5.27. The second-order valence-corrected chi connectivity index (χ2v) is 5.60. The van der Waals surface area contributed by atoms with Crippen molar-refractivity contribution in [3.8, 4) is 16.9 Å². The average Bonchev–Trinajstić information content (AvgIpc) is 2.37. The van der Waals surface area contributed by atoms with Crippen LogP contribution in [0.3, 0.4) is 0 Å². The van der Waals surface area contributed by atoms with Crippen molar-refractivity contribution in [2.24, 2.45) is 0 Å². The molecule has 0 spiro atoms. The van der Waals surface area contributed by atoms with Crippen molar-refractivity contribution < 1.29 is 4.43 Å². The lowest BCUT2D eigenvalue weighted by Crippen LogP contribution is -2.12. The zero-order chi connectivity index (χ0) is 13.2. The first-order valence-corrected chi connectivity index (χ1v) is 6.47. The van der Waals surface area contributed by atoms with Crippen LogP contribution in [0, 0.1) is 0 Å². The van der Waals surface area contributed by atoms with Gasteiger partial charge >= 0.3 is 10.5 Å². The summed E-state index contributed by atoms with van der Waals surface area (Å²) in [6.07, 6.45) is 0. The van der Waals surface area contributed by atoms with E-state index < -0.39 is 0 Å². The van der Waals surface area contributed by atoms with Crippen molar-refractivity contribution in [3.63, 3.8) is 0 Å². The largest absolute Gasteiger partial charge is 0.540 e. The third-order valence-electron chi connectivity index (χ3n) is 3.02. The fourth-order valence-corrected chi connectivity index (χ4v) is 2.33. The van der Waals surface area contributed by atoms with Crippen LogP contribution in [0.2, 0.25) is 0 Å². The van der Waals surface area contributed by atoms with Crippen LogP contribution in [-0.4, -0.2) is 10.5 Å². The van der Waals surface area contributed by atoms with Crippen LogP contribution in [0.5, 0.6) is 5.75 Å². The summed E-state index contributed by atoms with van der Waals surface area (Å²) in [4.78, 5) is 0. The van der Waals surface area contributed by atoms with E-state index in [0.29, 0.717) is 0 Å². The highest BCUT2D eigenvalue weighted by Gasteiger charge is 2.19. The summed E-state index contributed by atoms with van der Waals surface area (Å²) in [7, 11) is 3.13. The van der Waals surface area contributed by atoms with Crippen molar-refractivity contribution in [2.45, 2.75) is 26.2 Å². The molecule has 1 nitrogen and oxygen atoms in total. The third kappa shape index (κ3) is 2.49. The molecule has 0 atom stereocenters. The first kappa shape index (κ1) is 12.9. The number of para-hydroxylation sites is 1. The normalized spacial score (nSPS) is 11.3. The highest BCUT2D eigenvalue weighted by molar-refractivity contribution is 6.00. The van der Waals surface area contributed by atoms with Gasteiger partial charge in [-0.2, -0.15) is 0 Å². The molecule has 91 valence electrons. The van der Waals surface area contributed by atoms with Gasteiger partial charge in [0.25, 0.3) is 0 Å². The number of benzene rings is 2. The van der Waals surface area contributed by atoms with E-state index in [9.17, 15) is 0 Å². The Bertz CT molecular complexity index is 541. The topological polar surface area (TPSA) is 9.23 Å². The molecule has 0 unspecified atom stereocenters. The van der Waals surface area contributed by atoms with Crippen LogP contribution in [-0.2, 0) is 5.41 Å². The summed E-state index contributed by atoms with van der Waals surface area (Å²) >= 11 is 0. The van der Waals surface area contributed by atoms with Crippen LogP contribution in [0.15, 0.2) is 48.5 Å². The molecular weight excluding hydrogens is 236 g/mol. The van der Waals surface area contributed by atoms with Crippen LogP contribution < -0.4 is 4.43 Å². The molecule has 2 heteroatoms. The average molecular weight is 253 g/mol. The predicted octanol–water partition coefficient (Wildman–Crippen LogP) is 4.11.